The molecule has 0 saturated heterocycles. The van der Waals surface area contributed by atoms with Crippen LogP contribution in [0.1, 0.15) is 27.7 Å². The smallest absolute Gasteiger partial charge is 0.330 e. The van der Waals surface area contributed by atoms with E-state index >= 15 is 0 Å². The fourth-order valence-electron chi connectivity index (χ4n) is 5.79. The van der Waals surface area contributed by atoms with E-state index in [9.17, 15) is 5.11 Å². The van der Waals surface area contributed by atoms with Gasteiger partial charge in [-0.2, -0.15) is 0 Å². The van der Waals surface area contributed by atoms with Gasteiger partial charge in [0.2, 0.25) is 0 Å². The summed E-state index contributed by atoms with van der Waals surface area (Å²) < 4.78 is 5.98. The second-order valence-corrected chi connectivity index (χ2v) is 13.4. The van der Waals surface area contributed by atoms with Gasteiger partial charge in [0.1, 0.15) is 0 Å². The molecule has 0 saturated carbocycles. The van der Waals surface area contributed by atoms with Crippen molar-refractivity contribution in [2.45, 2.75) is 38.9 Å². The molecule has 0 aliphatic carbocycles. The van der Waals surface area contributed by atoms with Crippen LogP contribution in [0.15, 0.2) is 152 Å². The van der Waals surface area contributed by atoms with Gasteiger partial charge in [-0.1, -0.05) is 151 Å². The van der Waals surface area contributed by atoms with E-state index in [1.165, 1.54) is 11.1 Å². The Morgan fingerprint density at radius 2 is 0.980 bits per heavy atom. The number of benzene rings is 6. The number of nitrogens with zero attached hydrogens (tertiary/aromatic N) is 2. The first-order chi connectivity index (χ1) is 23.7. The van der Waals surface area contributed by atoms with E-state index in [1.807, 2.05) is 50.2 Å². The molecule has 4 nitrogen and oxygen atoms in total. The van der Waals surface area contributed by atoms with Crippen LogP contribution in [0.4, 0.5) is 0 Å². The largest absolute Gasteiger partial charge is 0.427 e. The highest BCUT2D eigenvalue weighted by molar-refractivity contribution is 6.47. The maximum absolute atomic E-state index is 10.5. The molecule has 1 N–H and O–H groups in total. The van der Waals surface area contributed by atoms with Crippen LogP contribution < -0.4 is 5.46 Å². The number of aliphatic hydroxyl groups is 1. The van der Waals surface area contributed by atoms with E-state index in [4.69, 9.17) is 14.6 Å². The molecule has 0 amide bonds. The van der Waals surface area contributed by atoms with Crippen molar-refractivity contribution in [3.63, 3.8) is 0 Å². The Hall–Kier alpha value is -5.36. The fourth-order valence-corrected chi connectivity index (χ4v) is 5.79. The van der Waals surface area contributed by atoms with Crippen molar-refractivity contribution >= 4 is 23.7 Å². The third-order valence-electron chi connectivity index (χ3n) is 9.43. The lowest BCUT2D eigenvalue weighted by Crippen LogP contribution is -2.49. The summed E-state index contributed by atoms with van der Waals surface area (Å²) in [5.41, 5.74) is 8.61. The Bertz CT molecular complexity index is 2210. The van der Waals surface area contributed by atoms with Crippen molar-refractivity contribution in [1.82, 2.24) is 9.97 Å². The van der Waals surface area contributed by atoms with Gasteiger partial charge in [-0.25, -0.2) is 9.97 Å². The molecule has 1 aromatic heterocycles. The standard InChI is InChI=1S/C44H38BN2O2/c1-43(2,48)44(3,4)49-45-35-25-23-32(24-26-35)36-27-28-39(38-18-12-11-17-37(36)38)41-29-40(46-42(47-41)34-15-9-6-10-16-34)33-21-19-31(20-22-33)30-13-7-5-8-14-30/h5-29,48H,1-4H3. The Labute approximate surface area is 289 Å². The number of rotatable bonds is 9. The van der Waals surface area contributed by atoms with Crippen LogP contribution in [0, 0.1) is 0 Å². The van der Waals surface area contributed by atoms with Gasteiger partial charge >= 0.3 is 7.48 Å². The summed E-state index contributed by atoms with van der Waals surface area (Å²) in [5.74, 6) is 0.690. The van der Waals surface area contributed by atoms with Crippen molar-refractivity contribution in [3.8, 4) is 56.2 Å². The molecule has 5 heteroatoms. The molecular weight excluding hydrogens is 599 g/mol. The minimum Gasteiger partial charge on any atom is -0.427 e. The lowest BCUT2D eigenvalue weighted by atomic mass is 9.82. The van der Waals surface area contributed by atoms with Gasteiger partial charge in [0.25, 0.3) is 0 Å². The Morgan fingerprint density at radius 3 is 1.61 bits per heavy atom. The van der Waals surface area contributed by atoms with Gasteiger partial charge in [0.05, 0.1) is 22.6 Å². The molecule has 7 rings (SSSR count). The maximum Gasteiger partial charge on any atom is 0.330 e. The van der Waals surface area contributed by atoms with Gasteiger partial charge in [0, 0.05) is 16.7 Å². The zero-order chi connectivity index (χ0) is 34.0. The van der Waals surface area contributed by atoms with Crippen LogP contribution in [0.5, 0.6) is 0 Å². The van der Waals surface area contributed by atoms with Crippen LogP contribution in [0.25, 0.3) is 66.9 Å². The molecule has 0 fully saturated rings. The Kier molecular flexibility index (Phi) is 8.72. The van der Waals surface area contributed by atoms with E-state index in [-0.39, 0.29) is 0 Å². The van der Waals surface area contributed by atoms with Gasteiger partial charge in [-0.15, -0.1) is 0 Å². The maximum atomic E-state index is 10.5. The monoisotopic (exact) mass is 637 g/mol. The summed E-state index contributed by atoms with van der Waals surface area (Å²) in [5, 5.41) is 12.7. The third kappa shape index (κ3) is 6.82. The van der Waals surface area contributed by atoms with Crippen molar-refractivity contribution < 1.29 is 9.76 Å². The summed E-state index contributed by atoms with van der Waals surface area (Å²) in [7, 11) is 1.72. The Morgan fingerprint density at radius 1 is 0.490 bits per heavy atom. The average molecular weight is 638 g/mol. The van der Waals surface area contributed by atoms with E-state index in [1.54, 1.807) is 21.3 Å². The van der Waals surface area contributed by atoms with Crippen LogP contribution >= 0.6 is 0 Å². The fraction of sp³-hybridized carbons (Fsp3) is 0.136. The molecule has 0 atom stereocenters. The molecule has 1 radical (unpaired) electrons. The summed E-state index contributed by atoms with van der Waals surface area (Å²) in [6.45, 7) is 7.28. The minimum absolute atomic E-state index is 0.690. The molecule has 1 heterocycles. The zero-order valence-electron chi connectivity index (χ0n) is 28.3. The first kappa shape index (κ1) is 32.2. The molecule has 239 valence electrons. The third-order valence-corrected chi connectivity index (χ3v) is 9.43. The summed E-state index contributed by atoms with van der Waals surface area (Å²) in [6, 6.07) is 52.5. The van der Waals surface area contributed by atoms with Crippen LogP contribution in [0.2, 0.25) is 0 Å². The topological polar surface area (TPSA) is 55.2 Å². The molecular formula is C44H38BN2O2. The van der Waals surface area contributed by atoms with E-state index in [0.717, 1.165) is 55.4 Å². The predicted octanol–water partition coefficient (Wildman–Crippen LogP) is 9.78. The van der Waals surface area contributed by atoms with Crippen LogP contribution in [0.3, 0.4) is 0 Å². The van der Waals surface area contributed by atoms with Gasteiger partial charge < -0.3 is 9.76 Å². The average Bonchev–Trinajstić information content (AvgIpc) is 3.14. The highest BCUT2D eigenvalue weighted by atomic mass is 16.5. The SMILES string of the molecule is CC(C)(O)C(C)(C)O[B]c1ccc(-c2ccc(-c3cc(-c4ccc(-c5ccccc5)cc4)nc(-c4ccccc4)n3)c3ccccc23)cc1. The first-order valence-corrected chi connectivity index (χ1v) is 16.6. The predicted molar refractivity (Wildman–Crippen MR) is 204 cm³/mol. The van der Waals surface area contributed by atoms with Crippen molar-refractivity contribution in [2.24, 2.45) is 0 Å². The normalized spacial score (nSPS) is 11.9. The van der Waals surface area contributed by atoms with E-state index in [0.29, 0.717) is 5.82 Å². The highest BCUT2D eigenvalue weighted by Gasteiger charge is 2.35. The molecule has 0 bridgehead atoms. The van der Waals surface area contributed by atoms with Gasteiger partial charge in [-0.3, -0.25) is 0 Å². The molecule has 0 aliphatic heterocycles. The highest BCUT2D eigenvalue weighted by Crippen LogP contribution is 2.37. The van der Waals surface area contributed by atoms with Crippen molar-refractivity contribution in [3.05, 3.63) is 152 Å². The molecule has 6 aromatic carbocycles. The number of hydrogen-bond donors (Lipinski definition) is 1. The number of fused-ring (bicyclic) bond motifs is 1. The molecule has 0 spiro atoms. The van der Waals surface area contributed by atoms with Crippen molar-refractivity contribution in [2.75, 3.05) is 0 Å². The zero-order valence-corrected chi connectivity index (χ0v) is 28.3. The van der Waals surface area contributed by atoms with Gasteiger partial charge in [0.15, 0.2) is 5.82 Å². The molecule has 49 heavy (non-hydrogen) atoms. The summed E-state index contributed by atoms with van der Waals surface area (Å²) in [6.07, 6.45) is 0. The molecule has 7 aromatic rings. The second kappa shape index (κ2) is 13.3. The minimum atomic E-state index is -0.983. The van der Waals surface area contributed by atoms with Gasteiger partial charge in [-0.05, 0) is 66.8 Å². The summed E-state index contributed by atoms with van der Waals surface area (Å²) in [4.78, 5) is 10.2. The van der Waals surface area contributed by atoms with Crippen molar-refractivity contribution in [1.29, 1.82) is 0 Å². The summed E-state index contributed by atoms with van der Waals surface area (Å²) >= 11 is 0. The lowest BCUT2D eigenvalue weighted by Gasteiger charge is -2.37. The van der Waals surface area contributed by atoms with E-state index < -0.39 is 11.2 Å². The Balaban J connectivity index is 1.27. The van der Waals surface area contributed by atoms with E-state index in [2.05, 4.69) is 115 Å². The number of hydrogen-bond acceptors (Lipinski definition) is 4. The number of aromatic nitrogens is 2. The van der Waals surface area contributed by atoms with Crippen LogP contribution in [-0.2, 0) is 4.65 Å². The molecule has 0 aliphatic rings. The quantitative estimate of drug-likeness (QED) is 0.160. The second-order valence-electron chi connectivity index (χ2n) is 13.4. The first-order valence-electron chi connectivity index (χ1n) is 16.6. The molecule has 0 unspecified atom stereocenters. The lowest BCUT2D eigenvalue weighted by molar-refractivity contribution is -0.0893. The van der Waals surface area contributed by atoms with Crippen LogP contribution in [-0.4, -0.2) is 33.8 Å².